The molecule has 0 aliphatic carbocycles. The Morgan fingerprint density at radius 1 is 1.05 bits per heavy atom. The van der Waals surface area contributed by atoms with Gasteiger partial charge in [-0.25, -0.2) is 0 Å². The maximum absolute atomic E-state index is 5.14. The highest BCUT2D eigenvalue weighted by molar-refractivity contribution is 14.0. The molecule has 126 valence electrons. The van der Waals surface area contributed by atoms with Crippen LogP contribution in [0, 0.1) is 0 Å². The van der Waals surface area contributed by atoms with Crippen LogP contribution in [0.5, 0.6) is 5.75 Å². The molecule has 0 radical (unpaired) electrons. The van der Waals surface area contributed by atoms with E-state index in [1.165, 1.54) is 5.56 Å². The van der Waals surface area contributed by atoms with Crippen molar-refractivity contribution in [3.63, 3.8) is 0 Å². The van der Waals surface area contributed by atoms with E-state index < -0.39 is 0 Å². The molecule has 5 nitrogen and oxygen atoms in total. The lowest BCUT2D eigenvalue weighted by Gasteiger charge is -2.12. The van der Waals surface area contributed by atoms with E-state index in [1.54, 1.807) is 21.3 Å². The number of unbranched alkanes of at least 4 members (excludes halogenated alkanes) is 2. The Morgan fingerprint density at radius 2 is 1.77 bits per heavy atom. The van der Waals surface area contributed by atoms with Gasteiger partial charge in [-0.2, -0.15) is 0 Å². The van der Waals surface area contributed by atoms with Gasteiger partial charge in [0.1, 0.15) is 5.75 Å². The van der Waals surface area contributed by atoms with Crippen LogP contribution >= 0.6 is 24.0 Å². The zero-order valence-electron chi connectivity index (χ0n) is 13.7. The van der Waals surface area contributed by atoms with Crippen LogP contribution in [0.25, 0.3) is 0 Å². The predicted molar refractivity (Wildman–Crippen MR) is 102 cm³/mol. The van der Waals surface area contributed by atoms with Crippen molar-refractivity contribution in [1.29, 1.82) is 0 Å². The Hall–Kier alpha value is -1.02. The van der Waals surface area contributed by atoms with Gasteiger partial charge < -0.3 is 20.1 Å². The summed E-state index contributed by atoms with van der Waals surface area (Å²) in [6.45, 7) is 2.50. The minimum Gasteiger partial charge on any atom is -0.497 e. The van der Waals surface area contributed by atoms with Crippen LogP contribution in [0.3, 0.4) is 0 Å². The number of halogens is 1. The lowest BCUT2D eigenvalue weighted by Crippen LogP contribution is -2.37. The van der Waals surface area contributed by atoms with Crippen LogP contribution in [0.2, 0.25) is 0 Å². The van der Waals surface area contributed by atoms with E-state index in [0.29, 0.717) is 0 Å². The Bertz CT molecular complexity index is 410. The summed E-state index contributed by atoms with van der Waals surface area (Å²) in [5, 5.41) is 6.61. The molecule has 1 aromatic rings. The lowest BCUT2D eigenvalue weighted by molar-refractivity contribution is 0.192. The first kappa shape index (κ1) is 21.0. The minimum atomic E-state index is 0. The number of aliphatic imine (C=N–C) groups is 1. The lowest BCUT2D eigenvalue weighted by atomic mass is 10.2. The molecule has 6 heteroatoms. The van der Waals surface area contributed by atoms with Gasteiger partial charge in [-0.15, -0.1) is 24.0 Å². The standard InChI is InChI=1S/C16H27N3O2.HI/c1-17-16(18-11-5-4-6-12-20-2)19-13-14-7-9-15(21-3)10-8-14;/h7-10H,4-6,11-13H2,1-3H3,(H2,17,18,19);1H. The quantitative estimate of drug-likeness (QED) is 0.279. The summed E-state index contributed by atoms with van der Waals surface area (Å²) in [7, 11) is 5.20. The number of ether oxygens (including phenoxy) is 2. The zero-order chi connectivity index (χ0) is 15.3. The van der Waals surface area contributed by atoms with E-state index in [-0.39, 0.29) is 24.0 Å². The van der Waals surface area contributed by atoms with Crippen molar-refractivity contribution in [2.75, 3.05) is 34.4 Å². The van der Waals surface area contributed by atoms with Gasteiger partial charge >= 0.3 is 0 Å². The number of rotatable bonds is 9. The Kier molecular flexibility index (Phi) is 13.0. The van der Waals surface area contributed by atoms with Crippen molar-refractivity contribution in [3.8, 4) is 5.75 Å². The summed E-state index contributed by atoms with van der Waals surface area (Å²) >= 11 is 0. The van der Waals surface area contributed by atoms with E-state index in [9.17, 15) is 0 Å². The van der Waals surface area contributed by atoms with Gasteiger partial charge in [0.2, 0.25) is 0 Å². The number of nitrogens with zero attached hydrogens (tertiary/aromatic N) is 1. The molecule has 1 rings (SSSR count). The Morgan fingerprint density at radius 3 is 2.36 bits per heavy atom. The van der Waals surface area contributed by atoms with Gasteiger partial charge in [0.05, 0.1) is 7.11 Å². The average molecular weight is 421 g/mol. The molecular formula is C16H28IN3O2. The third-order valence-electron chi connectivity index (χ3n) is 3.16. The van der Waals surface area contributed by atoms with Gasteiger partial charge in [-0.3, -0.25) is 4.99 Å². The van der Waals surface area contributed by atoms with Crippen LogP contribution < -0.4 is 15.4 Å². The molecular weight excluding hydrogens is 393 g/mol. The van der Waals surface area contributed by atoms with Crippen LogP contribution in [-0.2, 0) is 11.3 Å². The molecule has 0 heterocycles. The smallest absolute Gasteiger partial charge is 0.191 e. The number of guanidine groups is 1. The van der Waals surface area contributed by atoms with Crippen LogP contribution in [0.1, 0.15) is 24.8 Å². The van der Waals surface area contributed by atoms with Gasteiger partial charge in [0, 0.05) is 33.9 Å². The SMILES string of the molecule is CN=C(NCCCCCOC)NCc1ccc(OC)cc1.I. The fourth-order valence-electron chi connectivity index (χ4n) is 1.90. The maximum Gasteiger partial charge on any atom is 0.191 e. The van der Waals surface area contributed by atoms with Gasteiger partial charge in [-0.05, 0) is 37.0 Å². The number of benzene rings is 1. The summed E-state index contributed by atoms with van der Waals surface area (Å²) in [5.74, 6) is 1.70. The van der Waals surface area contributed by atoms with Crippen molar-refractivity contribution < 1.29 is 9.47 Å². The van der Waals surface area contributed by atoms with Crippen molar-refractivity contribution in [3.05, 3.63) is 29.8 Å². The zero-order valence-corrected chi connectivity index (χ0v) is 16.1. The number of hydrogen-bond donors (Lipinski definition) is 2. The monoisotopic (exact) mass is 421 g/mol. The average Bonchev–Trinajstić information content (AvgIpc) is 2.54. The first-order chi connectivity index (χ1) is 10.3. The molecule has 0 saturated heterocycles. The van der Waals surface area contributed by atoms with Crippen molar-refractivity contribution in [1.82, 2.24) is 10.6 Å². The molecule has 0 aromatic heterocycles. The fourth-order valence-corrected chi connectivity index (χ4v) is 1.90. The molecule has 0 atom stereocenters. The minimum absolute atomic E-state index is 0. The molecule has 1 aromatic carbocycles. The topological polar surface area (TPSA) is 54.9 Å². The predicted octanol–water partition coefficient (Wildman–Crippen LogP) is 2.79. The molecule has 0 saturated carbocycles. The fraction of sp³-hybridized carbons (Fsp3) is 0.562. The van der Waals surface area contributed by atoms with Gasteiger partial charge in [-0.1, -0.05) is 12.1 Å². The van der Waals surface area contributed by atoms with E-state index in [0.717, 1.165) is 50.7 Å². The largest absolute Gasteiger partial charge is 0.497 e. The first-order valence-electron chi connectivity index (χ1n) is 7.36. The van der Waals surface area contributed by atoms with Crippen LogP contribution in [0.4, 0.5) is 0 Å². The van der Waals surface area contributed by atoms with Crippen molar-refractivity contribution >= 4 is 29.9 Å². The van der Waals surface area contributed by atoms with E-state index >= 15 is 0 Å². The summed E-state index contributed by atoms with van der Waals surface area (Å²) in [4.78, 5) is 4.22. The van der Waals surface area contributed by atoms with Gasteiger partial charge in [0.25, 0.3) is 0 Å². The van der Waals surface area contributed by atoms with Crippen molar-refractivity contribution in [2.45, 2.75) is 25.8 Å². The first-order valence-corrected chi connectivity index (χ1v) is 7.36. The molecule has 0 unspecified atom stereocenters. The highest BCUT2D eigenvalue weighted by Gasteiger charge is 1.98. The van der Waals surface area contributed by atoms with E-state index in [1.807, 2.05) is 24.3 Å². The summed E-state index contributed by atoms with van der Waals surface area (Å²) < 4.78 is 10.2. The third kappa shape index (κ3) is 9.09. The van der Waals surface area contributed by atoms with E-state index in [2.05, 4.69) is 15.6 Å². The van der Waals surface area contributed by atoms with Crippen molar-refractivity contribution in [2.24, 2.45) is 4.99 Å². The normalized spacial score (nSPS) is 10.8. The molecule has 22 heavy (non-hydrogen) atoms. The second-order valence-electron chi connectivity index (χ2n) is 4.75. The highest BCUT2D eigenvalue weighted by atomic mass is 127. The number of nitrogens with one attached hydrogen (secondary N) is 2. The molecule has 0 bridgehead atoms. The Balaban J connectivity index is 0.00000441. The number of methoxy groups -OCH3 is 2. The summed E-state index contributed by atoms with van der Waals surface area (Å²) in [6, 6.07) is 8.01. The highest BCUT2D eigenvalue weighted by Crippen LogP contribution is 2.10. The molecule has 0 aliphatic rings. The summed E-state index contributed by atoms with van der Waals surface area (Å²) in [5.41, 5.74) is 1.19. The van der Waals surface area contributed by atoms with Crippen LogP contribution in [-0.4, -0.2) is 40.4 Å². The molecule has 0 fully saturated rings. The molecule has 0 aliphatic heterocycles. The summed E-state index contributed by atoms with van der Waals surface area (Å²) in [6.07, 6.45) is 3.39. The Labute approximate surface area is 150 Å². The second-order valence-corrected chi connectivity index (χ2v) is 4.75. The molecule has 2 N–H and O–H groups in total. The van der Waals surface area contributed by atoms with E-state index in [4.69, 9.17) is 9.47 Å². The maximum atomic E-state index is 5.14. The third-order valence-corrected chi connectivity index (χ3v) is 3.16. The number of hydrogen-bond acceptors (Lipinski definition) is 3. The molecule has 0 spiro atoms. The second kappa shape index (κ2) is 13.6. The van der Waals surface area contributed by atoms with Gasteiger partial charge in [0.15, 0.2) is 5.96 Å². The van der Waals surface area contributed by atoms with Crippen LogP contribution in [0.15, 0.2) is 29.3 Å². The molecule has 0 amide bonds.